The highest BCUT2D eigenvalue weighted by atomic mass is 79.9. The first-order valence-corrected chi connectivity index (χ1v) is 6.83. The van der Waals surface area contributed by atoms with E-state index in [1.807, 2.05) is 29.7 Å². The molecule has 0 atom stereocenters. The van der Waals surface area contributed by atoms with Gasteiger partial charge in [-0.3, -0.25) is 4.40 Å². The number of anilines is 1. The van der Waals surface area contributed by atoms with Gasteiger partial charge in [-0.15, -0.1) is 0 Å². The van der Waals surface area contributed by atoms with E-state index in [4.69, 9.17) is 10.5 Å². The van der Waals surface area contributed by atoms with Crippen LogP contribution in [0.4, 0.5) is 5.82 Å². The number of hydrogen-bond acceptors (Lipinski definition) is 4. The highest BCUT2D eigenvalue weighted by Crippen LogP contribution is 2.29. The third kappa shape index (κ3) is 2.02. The molecule has 0 spiro atoms. The first-order chi connectivity index (χ1) is 9.60. The summed E-state index contributed by atoms with van der Waals surface area (Å²) in [6.45, 7) is 2.02. The number of nitrogens with two attached hydrogens (primary N) is 1. The van der Waals surface area contributed by atoms with Crippen molar-refractivity contribution in [2.24, 2.45) is 0 Å². The quantitative estimate of drug-likeness (QED) is 0.783. The lowest BCUT2D eigenvalue weighted by Gasteiger charge is -2.02. The monoisotopic (exact) mass is 332 g/mol. The Morgan fingerprint density at radius 3 is 2.80 bits per heavy atom. The van der Waals surface area contributed by atoms with Gasteiger partial charge >= 0.3 is 0 Å². The van der Waals surface area contributed by atoms with Crippen molar-refractivity contribution in [3.05, 3.63) is 40.6 Å². The molecule has 3 aromatic rings. The highest BCUT2D eigenvalue weighted by Gasteiger charge is 2.13. The Morgan fingerprint density at radius 1 is 1.35 bits per heavy atom. The average molecular weight is 333 g/mol. The van der Waals surface area contributed by atoms with Crippen molar-refractivity contribution in [2.45, 2.75) is 6.92 Å². The Balaban J connectivity index is 2.18. The number of aryl methyl sites for hydroxylation is 1. The SMILES string of the molecule is COc1ccc(-c2nc3cc(C)c(Br)cn3c2N)cn1. The van der Waals surface area contributed by atoms with E-state index in [0.717, 1.165) is 26.9 Å². The predicted molar refractivity (Wildman–Crippen MR) is 81.8 cm³/mol. The molecule has 0 radical (unpaired) electrons. The molecule has 5 nitrogen and oxygen atoms in total. The summed E-state index contributed by atoms with van der Waals surface area (Å²) >= 11 is 3.50. The summed E-state index contributed by atoms with van der Waals surface area (Å²) in [4.78, 5) is 8.76. The molecule has 0 fully saturated rings. The Morgan fingerprint density at radius 2 is 2.15 bits per heavy atom. The largest absolute Gasteiger partial charge is 0.481 e. The number of halogens is 1. The minimum Gasteiger partial charge on any atom is -0.481 e. The van der Waals surface area contributed by atoms with Crippen LogP contribution in [0.2, 0.25) is 0 Å². The third-order valence-corrected chi connectivity index (χ3v) is 3.99. The van der Waals surface area contributed by atoms with Crippen LogP contribution in [0.5, 0.6) is 5.88 Å². The van der Waals surface area contributed by atoms with E-state index in [0.29, 0.717) is 11.7 Å². The number of pyridine rings is 2. The van der Waals surface area contributed by atoms with E-state index < -0.39 is 0 Å². The highest BCUT2D eigenvalue weighted by molar-refractivity contribution is 9.10. The van der Waals surface area contributed by atoms with Crippen molar-refractivity contribution < 1.29 is 4.74 Å². The van der Waals surface area contributed by atoms with Crippen molar-refractivity contribution in [1.29, 1.82) is 0 Å². The third-order valence-electron chi connectivity index (χ3n) is 3.16. The van der Waals surface area contributed by atoms with Crippen LogP contribution in [-0.4, -0.2) is 21.5 Å². The van der Waals surface area contributed by atoms with Crippen LogP contribution >= 0.6 is 15.9 Å². The van der Waals surface area contributed by atoms with Crippen LogP contribution in [0, 0.1) is 6.92 Å². The number of imidazole rings is 1. The molecule has 6 heteroatoms. The zero-order valence-corrected chi connectivity index (χ0v) is 12.7. The number of ether oxygens (including phenoxy) is 1. The molecule has 2 N–H and O–H groups in total. The minimum atomic E-state index is 0.565. The van der Waals surface area contributed by atoms with Crippen molar-refractivity contribution >= 4 is 27.4 Å². The maximum atomic E-state index is 6.18. The first kappa shape index (κ1) is 12.9. The van der Waals surface area contributed by atoms with E-state index in [2.05, 4.69) is 25.9 Å². The lowest BCUT2D eigenvalue weighted by atomic mass is 10.2. The van der Waals surface area contributed by atoms with Gasteiger partial charge in [-0.25, -0.2) is 9.97 Å². The summed E-state index contributed by atoms with van der Waals surface area (Å²) in [7, 11) is 1.58. The van der Waals surface area contributed by atoms with E-state index in [-0.39, 0.29) is 0 Å². The second kappa shape index (κ2) is 4.79. The fourth-order valence-electron chi connectivity index (χ4n) is 2.03. The van der Waals surface area contributed by atoms with Crippen molar-refractivity contribution in [3.63, 3.8) is 0 Å². The van der Waals surface area contributed by atoms with Gasteiger partial charge in [0.2, 0.25) is 5.88 Å². The van der Waals surface area contributed by atoms with E-state index in [1.165, 1.54) is 0 Å². The van der Waals surface area contributed by atoms with Crippen LogP contribution in [0.3, 0.4) is 0 Å². The smallest absolute Gasteiger partial charge is 0.212 e. The van der Waals surface area contributed by atoms with Gasteiger partial charge in [0.1, 0.15) is 17.2 Å². The molecule has 20 heavy (non-hydrogen) atoms. The van der Waals surface area contributed by atoms with Gasteiger partial charge < -0.3 is 10.5 Å². The second-order valence-electron chi connectivity index (χ2n) is 4.47. The van der Waals surface area contributed by atoms with Gasteiger partial charge in [0, 0.05) is 28.5 Å². The van der Waals surface area contributed by atoms with E-state index >= 15 is 0 Å². The fraction of sp³-hybridized carbons (Fsp3) is 0.143. The number of hydrogen-bond donors (Lipinski definition) is 1. The Hall–Kier alpha value is -2.08. The standard InChI is InChI=1S/C14H13BrN4O/c1-8-5-11-18-13(14(16)19(11)7-10(8)15)9-3-4-12(20-2)17-6-9/h3-7H,16H2,1-2H3. The Labute approximate surface area is 124 Å². The van der Waals surface area contributed by atoms with Crippen molar-refractivity contribution in [2.75, 3.05) is 12.8 Å². The normalized spacial score (nSPS) is 10.9. The molecule has 3 aromatic heterocycles. The maximum Gasteiger partial charge on any atom is 0.212 e. The molecule has 0 amide bonds. The summed E-state index contributed by atoms with van der Waals surface area (Å²) in [6.07, 6.45) is 3.63. The molecule has 0 aliphatic carbocycles. The van der Waals surface area contributed by atoms with Crippen LogP contribution in [0.25, 0.3) is 16.9 Å². The Bertz CT molecular complexity index is 780. The number of nitrogen functional groups attached to an aromatic ring is 1. The number of nitrogens with zero attached hydrogens (tertiary/aromatic N) is 3. The lowest BCUT2D eigenvalue weighted by molar-refractivity contribution is 0.398. The molecule has 0 unspecified atom stereocenters. The predicted octanol–water partition coefficient (Wildman–Crippen LogP) is 3.06. The van der Waals surface area contributed by atoms with Gasteiger partial charge in [-0.05, 0) is 40.5 Å². The van der Waals surface area contributed by atoms with Gasteiger partial charge in [-0.2, -0.15) is 0 Å². The zero-order valence-electron chi connectivity index (χ0n) is 11.1. The second-order valence-corrected chi connectivity index (χ2v) is 5.32. The lowest BCUT2D eigenvalue weighted by Crippen LogP contribution is -1.95. The molecule has 102 valence electrons. The molecule has 0 aliphatic rings. The summed E-state index contributed by atoms with van der Waals surface area (Å²) in [5.41, 5.74) is 9.69. The molecular weight excluding hydrogens is 320 g/mol. The molecular formula is C14H13BrN4O. The summed E-state index contributed by atoms with van der Waals surface area (Å²) < 4.78 is 7.90. The topological polar surface area (TPSA) is 65.4 Å². The summed E-state index contributed by atoms with van der Waals surface area (Å²) in [6, 6.07) is 5.67. The van der Waals surface area contributed by atoms with Gasteiger partial charge in [0.05, 0.1) is 7.11 Å². The molecule has 0 saturated heterocycles. The number of rotatable bonds is 2. The average Bonchev–Trinajstić information content (AvgIpc) is 2.77. The Kier molecular flexibility index (Phi) is 3.10. The summed E-state index contributed by atoms with van der Waals surface area (Å²) in [5, 5.41) is 0. The summed E-state index contributed by atoms with van der Waals surface area (Å²) in [5.74, 6) is 1.15. The molecule has 3 heterocycles. The van der Waals surface area contributed by atoms with Gasteiger partial charge in [0.25, 0.3) is 0 Å². The molecule has 0 bridgehead atoms. The fourth-order valence-corrected chi connectivity index (χ4v) is 2.35. The van der Waals surface area contributed by atoms with E-state index in [1.54, 1.807) is 19.4 Å². The van der Waals surface area contributed by atoms with Crippen molar-refractivity contribution in [3.8, 4) is 17.1 Å². The van der Waals surface area contributed by atoms with Crippen molar-refractivity contribution in [1.82, 2.24) is 14.4 Å². The van der Waals surface area contributed by atoms with Crippen LogP contribution in [0.1, 0.15) is 5.56 Å². The van der Waals surface area contributed by atoms with Crippen LogP contribution < -0.4 is 10.5 Å². The minimum absolute atomic E-state index is 0.565. The number of fused-ring (bicyclic) bond motifs is 1. The molecule has 0 aliphatic heterocycles. The molecule has 3 rings (SSSR count). The van der Waals surface area contributed by atoms with Crippen LogP contribution in [-0.2, 0) is 0 Å². The first-order valence-electron chi connectivity index (χ1n) is 6.04. The molecule has 0 aromatic carbocycles. The van der Waals surface area contributed by atoms with Crippen LogP contribution in [0.15, 0.2) is 35.1 Å². The molecule has 0 saturated carbocycles. The van der Waals surface area contributed by atoms with Gasteiger partial charge in [0.15, 0.2) is 0 Å². The zero-order chi connectivity index (χ0) is 14.3. The van der Waals surface area contributed by atoms with Gasteiger partial charge in [-0.1, -0.05) is 0 Å². The number of aromatic nitrogens is 3. The number of methoxy groups -OCH3 is 1. The van der Waals surface area contributed by atoms with E-state index in [9.17, 15) is 0 Å². The maximum absolute atomic E-state index is 6.18.